The Morgan fingerprint density at radius 3 is 2.50 bits per heavy atom. The van der Waals surface area contributed by atoms with Crippen molar-refractivity contribution in [2.75, 3.05) is 0 Å². The maximum absolute atomic E-state index is 12.5. The van der Waals surface area contributed by atoms with Crippen LogP contribution in [0, 0.1) is 0 Å². The molecule has 0 atom stereocenters. The van der Waals surface area contributed by atoms with Crippen LogP contribution in [0.1, 0.15) is 21.5 Å². The highest BCUT2D eigenvalue weighted by Crippen LogP contribution is 2.35. The zero-order valence-electron chi connectivity index (χ0n) is 13.8. The van der Waals surface area contributed by atoms with Gasteiger partial charge in [-0.15, -0.1) is 0 Å². The highest BCUT2D eigenvalue weighted by Gasteiger charge is 2.27. The molecule has 0 spiro atoms. The Bertz CT molecular complexity index is 976. The van der Waals surface area contributed by atoms with Gasteiger partial charge in [-0.25, -0.2) is 0 Å². The molecule has 1 heterocycles. The molecule has 26 heavy (non-hydrogen) atoms. The van der Waals surface area contributed by atoms with Gasteiger partial charge >= 0.3 is 0 Å². The fourth-order valence-corrected chi connectivity index (χ4v) is 2.83. The number of allylic oxidation sites excluding steroid dienone is 1. The molecule has 4 rings (SSSR count). The van der Waals surface area contributed by atoms with Crippen LogP contribution in [0.2, 0.25) is 5.02 Å². The van der Waals surface area contributed by atoms with Gasteiger partial charge in [-0.05, 0) is 41.5 Å². The summed E-state index contributed by atoms with van der Waals surface area (Å²) in [7, 11) is 0. The van der Waals surface area contributed by atoms with E-state index < -0.39 is 0 Å². The van der Waals surface area contributed by atoms with Gasteiger partial charge < -0.3 is 9.47 Å². The van der Waals surface area contributed by atoms with Gasteiger partial charge in [0.25, 0.3) is 0 Å². The third-order valence-corrected chi connectivity index (χ3v) is 4.31. The molecule has 0 N–H and O–H groups in total. The minimum absolute atomic E-state index is 0.135. The van der Waals surface area contributed by atoms with Crippen LogP contribution >= 0.6 is 11.6 Å². The van der Waals surface area contributed by atoms with Gasteiger partial charge in [0.05, 0.1) is 5.56 Å². The van der Waals surface area contributed by atoms with Gasteiger partial charge in [0.15, 0.2) is 5.76 Å². The summed E-state index contributed by atoms with van der Waals surface area (Å²) in [5.41, 5.74) is 2.47. The normalized spacial score (nSPS) is 14.2. The molecule has 0 amide bonds. The van der Waals surface area contributed by atoms with Gasteiger partial charge in [-0.3, -0.25) is 4.79 Å². The lowest BCUT2D eigenvalue weighted by Gasteiger charge is -2.07. The van der Waals surface area contributed by atoms with Gasteiger partial charge in [0.2, 0.25) is 5.78 Å². The smallest absolute Gasteiger partial charge is 0.231 e. The Kier molecular flexibility index (Phi) is 4.46. The lowest BCUT2D eigenvalue weighted by molar-refractivity contribution is 0.101. The number of Topliss-reactive ketones (excluding diaryl/α,β-unsaturated/α-hetero) is 1. The van der Waals surface area contributed by atoms with Crippen molar-refractivity contribution in [1.82, 2.24) is 0 Å². The molecular formula is C22H15ClO3. The third-order valence-electron chi connectivity index (χ3n) is 4.06. The van der Waals surface area contributed by atoms with E-state index in [0.29, 0.717) is 34.5 Å². The van der Waals surface area contributed by atoms with Crippen molar-refractivity contribution >= 4 is 23.5 Å². The van der Waals surface area contributed by atoms with Crippen molar-refractivity contribution in [2.24, 2.45) is 0 Å². The first-order valence-electron chi connectivity index (χ1n) is 8.20. The molecule has 0 radical (unpaired) electrons. The highest BCUT2D eigenvalue weighted by molar-refractivity contribution is 6.30. The quantitative estimate of drug-likeness (QED) is 0.572. The van der Waals surface area contributed by atoms with Crippen molar-refractivity contribution in [3.63, 3.8) is 0 Å². The van der Waals surface area contributed by atoms with Crippen LogP contribution < -0.4 is 9.47 Å². The molecule has 3 nitrogen and oxygen atoms in total. The number of rotatable bonds is 4. The number of halogens is 1. The summed E-state index contributed by atoms with van der Waals surface area (Å²) in [6.07, 6.45) is 1.71. The number of hydrogen-bond acceptors (Lipinski definition) is 3. The van der Waals surface area contributed by atoms with E-state index in [-0.39, 0.29) is 5.78 Å². The standard InChI is InChI=1S/C22H15ClO3/c23-17-8-6-15(7-9-17)12-21-22(24)19-11-10-18(13-20(19)26-21)25-14-16-4-2-1-3-5-16/h1-13H,14H2. The van der Waals surface area contributed by atoms with E-state index in [1.807, 2.05) is 42.5 Å². The summed E-state index contributed by atoms with van der Waals surface area (Å²) in [6.45, 7) is 0.459. The van der Waals surface area contributed by atoms with Crippen LogP contribution in [0.15, 0.2) is 78.6 Å². The molecule has 4 heteroatoms. The molecule has 0 aromatic heterocycles. The Balaban J connectivity index is 1.52. The maximum atomic E-state index is 12.5. The van der Waals surface area contributed by atoms with E-state index in [1.165, 1.54) is 0 Å². The van der Waals surface area contributed by atoms with Crippen LogP contribution in [-0.2, 0) is 6.61 Å². The predicted octanol–water partition coefficient (Wildman–Crippen LogP) is 5.54. The summed E-state index contributed by atoms with van der Waals surface area (Å²) in [6, 6.07) is 22.4. The first kappa shape index (κ1) is 16.4. The second kappa shape index (κ2) is 7.06. The summed E-state index contributed by atoms with van der Waals surface area (Å²) in [5, 5.41) is 0.648. The molecule has 1 aliphatic heterocycles. The Hall–Kier alpha value is -3.04. The summed E-state index contributed by atoms with van der Waals surface area (Å²) < 4.78 is 11.5. The summed E-state index contributed by atoms with van der Waals surface area (Å²) >= 11 is 5.89. The van der Waals surface area contributed by atoms with Gasteiger partial charge in [-0.2, -0.15) is 0 Å². The van der Waals surface area contributed by atoms with Gasteiger partial charge in [0.1, 0.15) is 18.1 Å². The van der Waals surface area contributed by atoms with Gasteiger partial charge in [-0.1, -0.05) is 54.1 Å². The molecule has 0 aliphatic carbocycles. The number of ether oxygens (including phenoxy) is 2. The van der Waals surface area contributed by atoms with Crippen LogP contribution in [0.5, 0.6) is 11.5 Å². The minimum Gasteiger partial charge on any atom is -0.489 e. The first-order chi connectivity index (χ1) is 12.7. The van der Waals surface area contributed by atoms with E-state index in [2.05, 4.69) is 0 Å². The lowest BCUT2D eigenvalue weighted by Crippen LogP contribution is -1.98. The largest absolute Gasteiger partial charge is 0.489 e. The van der Waals surface area contributed by atoms with Crippen molar-refractivity contribution in [1.29, 1.82) is 0 Å². The Morgan fingerprint density at radius 1 is 0.962 bits per heavy atom. The lowest BCUT2D eigenvalue weighted by atomic mass is 10.1. The van der Waals surface area contributed by atoms with Gasteiger partial charge in [0, 0.05) is 11.1 Å². The molecule has 0 bridgehead atoms. The molecule has 128 valence electrons. The third kappa shape index (κ3) is 3.48. The van der Waals surface area contributed by atoms with Crippen LogP contribution in [0.3, 0.4) is 0 Å². The number of hydrogen-bond donors (Lipinski definition) is 0. The van der Waals surface area contributed by atoms with Crippen molar-refractivity contribution in [2.45, 2.75) is 6.61 Å². The van der Waals surface area contributed by atoms with E-state index in [4.69, 9.17) is 21.1 Å². The van der Waals surface area contributed by atoms with Crippen LogP contribution in [0.4, 0.5) is 0 Å². The van der Waals surface area contributed by atoms with Crippen LogP contribution in [-0.4, -0.2) is 5.78 Å². The maximum Gasteiger partial charge on any atom is 0.231 e. The van der Waals surface area contributed by atoms with Crippen molar-refractivity contribution < 1.29 is 14.3 Å². The van der Waals surface area contributed by atoms with E-state index in [1.54, 1.807) is 36.4 Å². The second-order valence-electron chi connectivity index (χ2n) is 5.92. The molecular weight excluding hydrogens is 348 g/mol. The zero-order valence-corrected chi connectivity index (χ0v) is 14.6. The topological polar surface area (TPSA) is 35.5 Å². The fraction of sp³-hybridized carbons (Fsp3) is 0.0455. The van der Waals surface area contributed by atoms with Crippen LogP contribution in [0.25, 0.3) is 6.08 Å². The molecule has 0 unspecified atom stereocenters. The molecule has 3 aromatic rings. The summed E-state index contributed by atoms with van der Waals surface area (Å²) in [4.78, 5) is 12.5. The zero-order chi connectivity index (χ0) is 17.9. The highest BCUT2D eigenvalue weighted by atomic mass is 35.5. The molecule has 0 saturated carbocycles. The van der Waals surface area contributed by atoms with Crippen molar-refractivity contribution in [3.05, 3.63) is 100 Å². The SMILES string of the molecule is O=C1C(=Cc2ccc(Cl)cc2)Oc2cc(OCc3ccccc3)ccc21. The van der Waals surface area contributed by atoms with E-state index in [0.717, 1.165) is 11.1 Å². The van der Waals surface area contributed by atoms with E-state index >= 15 is 0 Å². The number of carbonyl (C=O) groups excluding carboxylic acids is 1. The predicted molar refractivity (Wildman–Crippen MR) is 102 cm³/mol. The first-order valence-corrected chi connectivity index (χ1v) is 8.57. The molecule has 3 aromatic carbocycles. The summed E-state index contributed by atoms with van der Waals surface area (Å²) in [5.74, 6) is 1.33. The number of fused-ring (bicyclic) bond motifs is 1. The molecule has 1 aliphatic rings. The number of carbonyl (C=O) groups is 1. The number of ketones is 1. The average Bonchev–Trinajstić information content (AvgIpc) is 2.98. The van der Waals surface area contributed by atoms with E-state index in [9.17, 15) is 4.79 Å². The molecule has 0 fully saturated rings. The minimum atomic E-state index is -0.135. The molecule has 0 saturated heterocycles. The Morgan fingerprint density at radius 2 is 1.73 bits per heavy atom. The number of benzene rings is 3. The monoisotopic (exact) mass is 362 g/mol. The fourth-order valence-electron chi connectivity index (χ4n) is 2.71. The second-order valence-corrected chi connectivity index (χ2v) is 6.36. The Labute approximate surface area is 156 Å². The van der Waals surface area contributed by atoms with Crippen molar-refractivity contribution in [3.8, 4) is 11.5 Å². The average molecular weight is 363 g/mol.